The molecule has 21 heavy (non-hydrogen) atoms. The van der Waals surface area contributed by atoms with E-state index in [2.05, 4.69) is 24.1 Å². The lowest BCUT2D eigenvalue weighted by Crippen LogP contribution is -2.45. The minimum Gasteiger partial charge on any atom is -0.508 e. The van der Waals surface area contributed by atoms with Crippen LogP contribution in [0.4, 0.5) is 0 Å². The fourth-order valence-electron chi connectivity index (χ4n) is 2.94. The fraction of sp³-hybridized carbons (Fsp3) is 0.625. The second-order valence-electron chi connectivity index (χ2n) is 6.17. The zero-order valence-corrected chi connectivity index (χ0v) is 12.8. The summed E-state index contributed by atoms with van der Waals surface area (Å²) in [6, 6.07) is 2.59. The third-order valence-corrected chi connectivity index (χ3v) is 4.06. The van der Waals surface area contributed by atoms with Gasteiger partial charge in [-0.1, -0.05) is 13.8 Å². The van der Waals surface area contributed by atoms with Crippen molar-refractivity contribution < 1.29 is 15.3 Å². The summed E-state index contributed by atoms with van der Waals surface area (Å²) in [4.78, 5) is 2.30. The zero-order chi connectivity index (χ0) is 15.4. The van der Waals surface area contributed by atoms with Crippen molar-refractivity contribution in [2.75, 3.05) is 26.2 Å². The molecule has 0 amide bonds. The maximum Gasteiger partial charge on any atom is 0.127 e. The molecule has 1 heterocycles. The molecule has 0 bridgehead atoms. The predicted molar refractivity (Wildman–Crippen MR) is 82.7 cm³/mol. The van der Waals surface area contributed by atoms with E-state index in [9.17, 15) is 15.3 Å². The Hall–Kier alpha value is -1.46. The summed E-state index contributed by atoms with van der Waals surface area (Å²) < 4.78 is 0. The number of hydrogen-bond acceptors (Lipinski definition) is 5. The second-order valence-corrected chi connectivity index (χ2v) is 6.17. The van der Waals surface area contributed by atoms with Crippen molar-refractivity contribution in [3.05, 3.63) is 17.7 Å². The van der Waals surface area contributed by atoms with Crippen LogP contribution < -0.4 is 5.32 Å². The second kappa shape index (κ2) is 7.00. The quantitative estimate of drug-likeness (QED) is 0.670. The molecule has 0 unspecified atom stereocenters. The molecule has 1 aliphatic heterocycles. The lowest BCUT2D eigenvalue weighted by Gasteiger charge is -2.36. The summed E-state index contributed by atoms with van der Waals surface area (Å²) >= 11 is 0. The third-order valence-electron chi connectivity index (χ3n) is 4.06. The van der Waals surface area contributed by atoms with Gasteiger partial charge in [-0.3, -0.25) is 4.90 Å². The van der Waals surface area contributed by atoms with E-state index >= 15 is 0 Å². The summed E-state index contributed by atoms with van der Waals surface area (Å²) in [6.45, 7) is 7.96. The minimum absolute atomic E-state index is 0.0184. The van der Waals surface area contributed by atoms with Crippen LogP contribution in [-0.4, -0.2) is 46.4 Å². The van der Waals surface area contributed by atoms with Crippen LogP contribution in [0.15, 0.2) is 12.1 Å². The molecule has 1 fully saturated rings. The average Bonchev–Trinajstić information content (AvgIpc) is 2.42. The predicted octanol–water partition coefficient (Wildman–Crippen LogP) is 2.19. The van der Waals surface area contributed by atoms with Crippen molar-refractivity contribution in [2.24, 2.45) is 5.92 Å². The number of benzene rings is 1. The van der Waals surface area contributed by atoms with Gasteiger partial charge in [0.15, 0.2) is 0 Å². The van der Waals surface area contributed by atoms with Crippen LogP contribution in [0.1, 0.15) is 38.3 Å². The summed E-state index contributed by atoms with van der Waals surface area (Å²) in [5.74, 6) is 0.396. The molecule has 1 aromatic rings. The van der Waals surface area contributed by atoms with Crippen LogP contribution in [-0.2, 0) is 0 Å². The van der Waals surface area contributed by atoms with E-state index in [1.165, 1.54) is 12.1 Å². The monoisotopic (exact) mass is 294 g/mol. The van der Waals surface area contributed by atoms with Gasteiger partial charge in [0.05, 0.1) is 5.56 Å². The minimum atomic E-state index is -0.114. The Morgan fingerprint density at radius 2 is 1.62 bits per heavy atom. The molecule has 0 saturated carbocycles. The molecule has 0 radical (unpaired) electrons. The van der Waals surface area contributed by atoms with Gasteiger partial charge in [0, 0.05) is 44.4 Å². The highest BCUT2D eigenvalue weighted by molar-refractivity contribution is 5.50. The summed E-state index contributed by atoms with van der Waals surface area (Å²) in [5, 5.41) is 33.2. The maximum absolute atomic E-state index is 10.2. The number of hydrogen-bond donors (Lipinski definition) is 4. The highest BCUT2D eigenvalue weighted by Gasteiger charge is 2.27. The molecule has 1 aliphatic rings. The molecule has 1 aromatic carbocycles. The molecule has 5 heteroatoms. The largest absolute Gasteiger partial charge is 0.508 e. The Morgan fingerprint density at radius 3 is 2.14 bits per heavy atom. The molecular formula is C16H26N2O3. The lowest BCUT2D eigenvalue weighted by molar-refractivity contribution is 0.154. The number of phenolic OH excluding ortho intramolecular Hbond substituents is 3. The Balaban J connectivity index is 2.29. The number of piperazine rings is 1. The number of phenols is 3. The molecule has 1 atom stereocenters. The van der Waals surface area contributed by atoms with E-state index in [4.69, 9.17) is 0 Å². The highest BCUT2D eigenvalue weighted by Crippen LogP contribution is 2.41. The van der Waals surface area contributed by atoms with Crippen molar-refractivity contribution >= 4 is 0 Å². The average molecular weight is 294 g/mol. The lowest BCUT2D eigenvalue weighted by atomic mass is 9.94. The van der Waals surface area contributed by atoms with Crippen LogP contribution in [0, 0.1) is 5.92 Å². The standard InChI is InChI=1S/C16H26N2O3/c1-11(2)3-4-13(18-7-5-17-6-8-18)16-14(20)9-12(19)10-15(16)21/h9-11,13,17,19-21H,3-8H2,1-2H3/t13-/m1/s1. The smallest absolute Gasteiger partial charge is 0.127 e. The van der Waals surface area contributed by atoms with E-state index in [0.29, 0.717) is 11.5 Å². The Bertz CT molecular complexity index is 448. The van der Waals surface area contributed by atoms with Gasteiger partial charge in [0.25, 0.3) is 0 Å². The van der Waals surface area contributed by atoms with Gasteiger partial charge >= 0.3 is 0 Å². The molecule has 1 saturated heterocycles. The van der Waals surface area contributed by atoms with E-state index in [0.717, 1.165) is 39.0 Å². The first-order chi connectivity index (χ1) is 9.99. The van der Waals surface area contributed by atoms with Crippen LogP contribution >= 0.6 is 0 Å². The molecule has 0 spiro atoms. The van der Waals surface area contributed by atoms with E-state index in [1.54, 1.807) is 0 Å². The molecular weight excluding hydrogens is 268 g/mol. The van der Waals surface area contributed by atoms with Gasteiger partial charge < -0.3 is 20.6 Å². The van der Waals surface area contributed by atoms with Crippen molar-refractivity contribution in [3.63, 3.8) is 0 Å². The summed E-state index contributed by atoms with van der Waals surface area (Å²) in [7, 11) is 0. The molecule has 2 rings (SSSR count). The van der Waals surface area contributed by atoms with Crippen LogP contribution in [0.5, 0.6) is 17.2 Å². The van der Waals surface area contributed by atoms with Crippen LogP contribution in [0.2, 0.25) is 0 Å². The van der Waals surface area contributed by atoms with Crippen LogP contribution in [0.3, 0.4) is 0 Å². The van der Waals surface area contributed by atoms with Gasteiger partial charge in [0.1, 0.15) is 17.2 Å². The SMILES string of the molecule is CC(C)CC[C@H](c1c(O)cc(O)cc1O)N1CCNCC1. The number of nitrogens with one attached hydrogen (secondary N) is 1. The first-order valence-corrected chi connectivity index (χ1v) is 7.68. The van der Waals surface area contributed by atoms with Crippen molar-refractivity contribution in [3.8, 4) is 17.2 Å². The normalized spacial score (nSPS) is 18.0. The Labute approximate surface area is 126 Å². The summed E-state index contributed by atoms with van der Waals surface area (Å²) in [6.07, 6.45) is 1.90. The number of aromatic hydroxyl groups is 3. The van der Waals surface area contributed by atoms with E-state index in [1.807, 2.05) is 0 Å². The van der Waals surface area contributed by atoms with E-state index < -0.39 is 0 Å². The van der Waals surface area contributed by atoms with Gasteiger partial charge in [-0.15, -0.1) is 0 Å². The molecule has 4 N–H and O–H groups in total. The highest BCUT2D eigenvalue weighted by atomic mass is 16.3. The zero-order valence-electron chi connectivity index (χ0n) is 12.8. The van der Waals surface area contributed by atoms with Gasteiger partial charge in [-0.25, -0.2) is 0 Å². The molecule has 0 aliphatic carbocycles. The van der Waals surface area contributed by atoms with Crippen molar-refractivity contribution in [1.82, 2.24) is 10.2 Å². The number of nitrogens with zero attached hydrogens (tertiary/aromatic N) is 1. The first-order valence-electron chi connectivity index (χ1n) is 7.68. The van der Waals surface area contributed by atoms with Crippen molar-refractivity contribution in [1.29, 1.82) is 0 Å². The molecule has 0 aromatic heterocycles. The first kappa shape index (κ1) is 15.9. The fourth-order valence-corrected chi connectivity index (χ4v) is 2.94. The van der Waals surface area contributed by atoms with Gasteiger partial charge in [0.2, 0.25) is 0 Å². The van der Waals surface area contributed by atoms with Gasteiger partial charge in [-0.2, -0.15) is 0 Å². The Kier molecular flexibility index (Phi) is 5.31. The summed E-state index contributed by atoms with van der Waals surface area (Å²) in [5.41, 5.74) is 0.537. The number of rotatable bonds is 5. The Morgan fingerprint density at radius 1 is 1.05 bits per heavy atom. The van der Waals surface area contributed by atoms with Crippen molar-refractivity contribution in [2.45, 2.75) is 32.7 Å². The molecule has 118 valence electrons. The topological polar surface area (TPSA) is 76.0 Å². The third kappa shape index (κ3) is 4.02. The van der Waals surface area contributed by atoms with Gasteiger partial charge in [-0.05, 0) is 18.8 Å². The maximum atomic E-state index is 10.2. The van der Waals surface area contributed by atoms with Crippen LogP contribution in [0.25, 0.3) is 0 Å². The molecule has 5 nitrogen and oxygen atoms in total. The van der Waals surface area contributed by atoms with E-state index in [-0.39, 0.29) is 23.3 Å².